The topological polar surface area (TPSA) is 41.0 Å². The van der Waals surface area contributed by atoms with Gasteiger partial charge < -0.3 is 5.32 Å². The van der Waals surface area contributed by atoms with Crippen LogP contribution in [0.5, 0.6) is 0 Å². The third-order valence-corrected chi connectivity index (χ3v) is 3.53. The molecule has 1 aliphatic rings. The Bertz CT molecular complexity index is 383. The van der Waals surface area contributed by atoms with Crippen molar-refractivity contribution in [1.82, 2.24) is 14.9 Å². The highest BCUT2D eigenvalue weighted by Crippen LogP contribution is 2.18. The minimum Gasteiger partial charge on any atom is -0.368 e. The molecule has 5 heteroatoms. The predicted molar refractivity (Wildman–Crippen MR) is 70.5 cm³/mol. The second-order valence-electron chi connectivity index (χ2n) is 4.48. The normalized spacial score (nSPS) is 20.8. The Labute approximate surface area is 107 Å². The Kier molecular flexibility index (Phi) is 4.18. The molecule has 1 N–H and O–H groups in total. The lowest BCUT2D eigenvalue weighted by molar-refractivity contribution is 0.277. The van der Waals surface area contributed by atoms with Crippen LogP contribution in [-0.4, -0.2) is 40.5 Å². The van der Waals surface area contributed by atoms with Crippen LogP contribution >= 0.6 is 11.6 Å². The zero-order valence-corrected chi connectivity index (χ0v) is 11.2. The number of likely N-dealkylation sites (N-methyl/N-ethyl adjacent to an activating group) is 1. The fraction of sp³-hybridized carbons (Fsp3) is 0.667. The van der Waals surface area contributed by atoms with Crippen LogP contribution in [0.2, 0.25) is 5.28 Å². The van der Waals surface area contributed by atoms with Gasteiger partial charge in [0.05, 0.1) is 0 Å². The van der Waals surface area contributed by atoms with E-state index in [1.165, 1.54) is 19.4 Å². The fourth-order valence-electron chi connectivity index (χ4n) is 2.36. The fourth-order valence-corrected chi connectivity index (χ4v) is 2.49. The number of nitrogens with one attached hydrogen (secondary N) is 1. The Hall–Kier alpha value is -0.870. The zero-order valence-electron chi connectivity index (χ0n) is 10.4. The van der Waals surface area contributed by atoms with Gasteiger partial charge in [-0.2, -0.15) is 0 Å². The lowest BCUT2D eigenvalue weighted by Crippen LogP contribution is -2.34. The number of halogens is 1. The zero-order chi connectivity index (χ0) is 12.3. The van der Waals surface area contributed by atoms with Gasteiger partial charge in [-0.05, 0) is 44.5 Å². The van der Waals surface area contributed by atoms with E-state index in [1.807, 2.05) is 6.92 Å². The second-order valence-corrected chi connectivity index (χ2v) is 4.81. The highest BCUT2D eigenvalue weighted by Gasteiger charge is 2.22. The van der Waals surface area contributed by atoms with E-state index in [-0.39, 0.29) is 0 Å². The number of hydrogen-bond acceptors (Lipinski definition) is 4. The molecule has 2 rings (SSSR count). The van der Waals surface area contributed by atoms with E-state index in [4.69, 9.17) is 11.6 Å². The van der Waals surface area contributed by atoms with Crippen LogP contribution in [0.4, 0.5) is 5.82 Å². The van der Waals surface area contributed by atoms with Gasteiger partial charge in [0.15, 0.2) is 0 Å². The molecule has 4 nitrogen and oxygen atoms in total. The highest BCUT2D eigenvalue weighted by atomic mass is 35.5. The Morgan fingerprint density at radius 1 is 1.59 bits per heavy atom. The molecule has 0 aromatic carbocycles. The number of hydrogen-bond donors (Lipinski definition) is 1. The van der Waals surface area contributed by atoms with Crippen molar-refractivity contribution in [2.45, 2.75) is 32.7 Å². The number of rotatable bonds is 4. The molecule has 0 aliphatic carbocycles. The number of aryl methyl sites for hydroxylation is 1. The summed E-state index contributed by atoms with van der Waals surface area (Å²) in [5, 5.41) is 3.69. The molecule has 1 aliphatic heterocycles. The third-order valence-electron chi connectivity index (χ3n) is 3.35. The maximum Gasteiger partial charge on any atom is 0.224 e. The Morgan fingerprint density at radius 2 is 2.41 bits per heavy atom. The van der Waals surface area contributed by atoms with E-state index in [0.717, 1.165) is 24.5 Å². The average molecular weight is 255 g/mol. The van der Waals surface area contributed by atoms with Gasteiger partial charge in [-0.3, -0.25) is 4.90 Å². The first-order valence-corrected chi connectivity index (χ1v) is 6.55. The third kappa shape index (κ3) is 3.07. The van der Waals surface area contributed by atoms with E-state index in [9.17, 15) is 0 Å². The SMILES string of the molecule is CCN1CCCC1CNc1nc(Cl)ncc1C. The van der Waals surface area contributed by atoms with Crippen molar-refractivity contribution in [1.29, 1.82) is 0 Å². The van der Waals surface area contributed by atoms with Gasteiger partial charge in [-0.15, -0.1) is 0 Å². The van der Waals surface area contributed by atoms with Gasteiger partial charge in [0.25, 0.3) is 0 Å². The van der Waals surface area contributed by atoms with Crippen LogP contribution in [0.15, 0.2) is 6.20 Å². The van der Waals surface area contributed by atoms with Gasteiger partial charge in [-0.1, -0.05) is 6.92 Å². The van der Waals surface area contributed by atoms with Crippen molar-refractivity contribution in [3.63, 3.8) is 0 Å². The molecular formula is C12H19ClN4. The summed E-state index contributed by atoms with van der Waals surface area (Å²) in [6, 6.07) is 0.619. The summed E-state index contributed by atoms with van der Waals surface area (Å²) in [5.41, 5.74) is 1.04. The van der Waals surface area contributed by atoms with Crippen LogP contribution in [0.25, 0.3) is 0 Å². The summed E-state index contributed by atoms with van der Waals surface area (Å²) in [6.07, 6.45) is 4.31. The average Bonchev–Trinajstić information content (AvgIpc) is 2.77. The van der Waals surface area contributed by atoms with Crippen LogP contribution in [0, 0.1) is 6.92 Å². The summed E-state index contributed by atoms with van der Waals surface area (Å²) in [4.78, 5) is 10.7. The largest absolute Gasteiger partial charge is 0.368 e. The molecule has 0 saturated carbocycles. The maximum atomic E-state index is 5.80. The molecule has 1 unspecified atom stereocenters. The molecule has 1 aromatic rings. The molecule has 0 bridgehead atoms. The number of likely N-dealkylation sites (tertiary alicyclic amines) is 1. The number of aromatic nitrogens is 2. The van der Waals surface area contributed by atoms with E-state index < -0.39 is 0 Å². The second kappa shape index (κ2) is 5.65. The molecule has 0 spiro atoms. The molecule has 17 heavy (non-hydrogen) atoms. The standard InChI is InChI=1S/C12H19ClN4/c1-3-17-6-4-5-10(17)8-14-11-9(2)7-15-12(13)16-11/h7,10H,3-6,8H2,1-2H3,(H,14,15,16). The highest BCUT2D eigenvalue weighted by molar-refractivity contribution is 6.28. The molecule has 1 fully saturated rings. The molecule has 94 valence electrons. The molecule has 1 saturated heterocycles. The minimum absolute atomic E-state index is 0.303. The van der Waals surface area contributed by atoms with Crippen molar-refractivity contribution in [2.24, 2.45) is 0 Å². The number of anilines is 1. The van der Waals surface area contributed by atoms with E-state index in [0.29, 0.717) is 11.3 Å². The first kappa shape index (κ1) is 12.6. The monoisotopic (exact) mass is 254 g/mol. The van der Waals surface area contributed by atoms with E-state index in [2.05, 4.69) is 27.1 Å². The van der Waals surface area contributed by atoms with Crippen LogP contribution in [-0.2, 0) is 0 Å². The van der Waals surface area contributed by atoms with Crippen molar-refractivity contribution in [2.75, 3.05) is 25.0 Å². The molecule has 0 amide bonds. The summed E-state index contributed by atoms with van der Waals surface area (Å²) in [6.45, 7) is 7.47. The lowest BCUT2D eigenvalue weighted by Gasteiger charge is -2.23. The smallest absolute Gasteiger partial charge is 0.224 e. The molecule has 1 atom stereocenters. The van der Waals surface area contributed by atoms with Gasteiger partial charge in [0.1, 0.15) is 5.82 Å². The van der Waals surface area contributed by atoms with Crippen LogP contribution in [0.1, 0.15) is 25.3 Å². The summed E-state index contributed by atoms with van der Waals surface area (Å²) in [5.74, 6) is 0.855. The van der Waals surface area contributed by atoms with Gasteiger partial charge in [0, 0.05) is 24.3 Å². The van der Waals surface area contributed by atoms with E-state index in [1.54, 1.807) is 6.20 Å². The van der Waals surface area contributed by atoms with Crippen LogP contribution < -0.4 is 5.32 Å². The molecule has 1 aromatic heterocycles. The van der Waals surface area contributed by atoms with Gasteiger partial charge >= 0.3 is 0 Å². The Balaban J connectivity index is 1.95. The first-order valence-electron chi connectivity index (χ1n) is 6.17. The summed E-state index contributed by atoms with van der Waals surface area (Å²) < 4.78 is 0. The predicted octanol–water partition coefficient (Wildman–Crippen LogP) is 2.33. The Morgan fingerprint density at radius 3 is 3.18 bits per heavy atom. The maximum absolute atomic E-state index is 5.80. The summed E-state index contributed by atoms with van der Waals surface area (Å²) in [7, 11) is 0. The minimum atomic E-state index is 0.303. The number of nitrogens with zero attached hydrogens (tertiary/aromatic N) is 3. The van der Waals surface area contributed by atoms with E-state index >= 15 is 0 Å². The van der Waals surface area contributed by atoms with Crippen molar-refractivity contribution in [3.05, 3.63) is 17.0 Å². The first-order chi connectivity index (χ1) is 8.20. The molecule has 2 heterocycles. The summed E-state index contributed by atoms with van der Waals surface area (Å²) >= 11 is 5.80. The van der Waals surface area contributed by atoms with Gasteiger partial charge in [-0.25, -0.2) is 9.97 Å². The van der Waals surface area contributed by atoms with Gasteiger partial charge in [0.2, 0.25) is 5.28 Å². The quantitative estimate of drug-likeness (QED) is 0.838. The van der Waals surface area contributed by atoms with Crippen LogP contribution in [0.3, 0.4) is 0 Å². The van der Waals surface area contributed by atoms with Crippen molar-refractivity contribution >= 4 is 17.4 Å². The van der Waals surface area contributed by atoms with Crippen molar-refractivity contribution < 1.29 is 0 Å². The molecular weight excluding hydrogens is 236 g/mol. The molecule has 0 radical (unpaired) electrons. The van der Waals surface area contributed by atoms with Crippen molar-refractivity contribution in [3.8, 4) is 0 Å². The lowest BCUT2D eigenvalue weighted by atomic mass is 10.2.